The summed E-state index contributed by atoms with van der Waals surface area (Å²) in [5.74, 6) is 3.17. The smallest absolute Gasteiger partial charge is 0.208 e. The molecule has 0 aliphatic heterocycles. The van der Waals surface area contributed by atoms with Gasteiger partial charge in [-0.15, -0.1) is 5.54 Å². The second-order valence-corrected chi connectivity index (χ2v) is 13.3. The minimum Gasteiger partial charge on any atom is -0.463 e. The van der Waals surface area contributed by atoms with Gasteiger partial charge in [-0.1, -0.05) is 59.1 Å². The first-order chi connectivity index (χ1) is 11.2. The molecular weight excluding hydrogens is 336 g/mol. The summed E-state index contributed by atoms with van der Waals surface area (Å²) in [5, 5.41) is 1.01. The first-order valence-electron chi connectivity index (χ1n) is 8.44. The van der Waals surface area contributed by atoms with Gasteiger partial charge >= 0.3 is 0 Å². The molecule has 0 spiro atoms. The summed E-state index contributed by atoms with van der Waals surface area (Å²) < 4.78 is 5.58. The van der Waals surface area contributed by atoms with Crippen LogP contribution in [0.15, 0.2) is 33.7 Å². The average molecular weight is 361 g/mol. The maximum atomic E-state index is 12.7. The monoisotopic (exact) mass is 360 g/mol. The molecule has 24 heavy (non-hydrogen) atoms. The van der Waals surface area contributed by atoms with Crippen LogP contribution in [0.4, 0.5) is 0 Å². The summed E-state index contributed by atoms with van der Waals surface area (Å²) in [4.78, 5) is 12.7. The number of halogens is 1. The van der Waals surface area contributed by atoms with Crippen molar-refractivity contribution in [3.05, 3.63) is 45.3 Å². The zero-order valence-electron chi connectivity index (χ0n) is 15.2. The van der Waals surface area contributed by atoms with Crippen molar-refractivity contribution < 1.29 is 4.42 Å². The maximum Gasteiger partial charge on any atom is 0.208 e. The van der Waals surface area contributed by atoms with Crippen LogP contribution < -0.4 is 5.43 Å². The number of fused-ring (bicyclic) bond motifs is 1. The van der Waals surface area contributed by atoms with Crippen molar-refractivity contribution in [2.45, 2.75) is 58.2 Å². The lowest BCUT2D eigenvalue weighted by molar-refractivity contribution is 0.600. The van der Waals surface area contributed by atoms with Gasteiger partial charge in [-0.25, -0.2) is 0 Å². The van der Waals surface area contributed by atoms with Crippen LogP contribution in [0.25, 0.3) is 11.0 Å². The molecule has 0 N–H and O–H groups in total. The van der Waals surface area contributed by atoms with Crippen LogP contribution in [0, 0.1) is 11.5 Å². The highest BCUT2D eigenvalue weighted by Gasteiger charge is 2.41. The number of hydrogen-bond donors (Lipinski definition) is 0. The van der Waals surface area contributed by atoms with Gasteiger partial charge in [0.2, 0.25) is 5.43 Å². The van der Waals surface area contributed by atoms with E-state index in [9.17, 15) is 4.79 Å². The van der Waals surface area contributed by atoms with E-state index in [4.69, 9.17) is 16.0 Å². The third-order valence-corrected chi connectivity index (χ3v) is 11.5. The molecule has 0 amide bonds. The molecule has 1 aromatic heterocycles. The Kier molecular flexibility index (Phi) is 5.62. The van der Waals surface area contributed by atoms with Crippen molar-refractivity contribution in [1.82, 2.24) is 0 Å². The standard InChI is InChI=1S/C20H25ClO2Si/c1-13(2)24(14(3)4,15(5)6)10-9-16-12-23-19-8-7-17(21)11-18(19)20(16)22/h7-8,11-15H,1-6H3. The minimum atomic E-state index is -1.88. The van der Waals surface area contributed by atoms with Gasteiger partial charge in [0.1, 0.15) is 25.5 Å². The van der Waals surface area contributed by atoms with Crippen LogP contribution in [-0.2, 0) is 0 Å². The minimum absolute atomic E-state index is 0.106. The first-order valence-corrected chi connectivity index (χ1v) is 11.0. The molecule has 0 bridgehead atoms. The summed E-state index contributed by atoms with van der Waals surface area (Å²) in [5.41, 5.74) is 5.98. The Morgan fingerprint density at radius 2 is 1.62 bits per heavy atom. The highest BCUT2D eigenvalue weighted by Crippen LogP contribution is 2.40. The molecule has 1 heterocycles. The van der Waals surface area contributed by atoms with E-state index >= 15 is 0 Å². The molecule has 0 radical (unpaired) electrons. The van der Waals surface area contributed by atoms with E-state index < -0.39 is 8.07 Å². The SMILES string of the molecule is CC(C)[Si](C#Cc1coc2ccc(Cl)cc2c1=O)(C(C)C)C(C)C. The van der Waals surface area contributed by atoms with Crippen molar-refractivity contribution in [2.24, 2.45) is 0 Å². The molecule has 128 valence electrons. The fraction of sp³-hybridized carbons (Fsp3) is 0.450. The highest BCUT2D eigenvalue weighted by molar-refractivity contribution is 6.90. The molecule has 0 fully saturated rings. The third-order valence-electron chi connectivity index (χ3n) is 5.01. The zero-order chi connectivity index (χ0) is 18.1. The van der Waals surface area contributed by atoms with E-state index in [2.05, 4.69) is 53.0 Å². The predicted octanol–water partition coefficient (Wildman–Crippen LogP) is 6.02. The molecule has 2 nitrogen and oxygen atoms in total. The van der Waals surface area contributed by atoms with Crippen molar-refractivity contribution in [1.29, 1.82) is 0 Å². The van der Waals surface area contributed by atoms with Gasteiger partial charge in [-0.2, -0.15) is 0 Å². The largest absolute Gasteiger partial charge is 0.463 e. The Morgan fingerprint density at radius 3 is 2.17 bits per heavy atom. The lowest BCUT2D eigenvalue weighted by Gasteiger charge is -2.38. The average Bonchev–Trinajstić information content (AvgIpc) is 2.49. The number of benzene rings is 1. The van der Waals surface area contributed by atoms with E-state index in [1.165, 1.54) is 6.26 Å². The van der Waals surface area contributed by atoms with Crippen molar-refractivity contribution in [3.8, 4) is 11.5 Å². The Labute approximate surface area is 150 Å². The Hall–Kier alpha value is -1.50. The summed E-state index contributed by atoms with van der Waals surface area (Å²) >= 11 is 6.01. The second-order valence-electron chi connectivity index (χ2n) is 7.27. The van der Waals surface area contributed by atoms with E-state index in [-0.39, 0.29) is 5.43 Å². The Morgan fingerprint density at radius 1 is 1.04 bits per heavy atom. The first kappa shape index (κ1) is 18.8. The van der Waals surface area contributed by atoms with Crippen LogP contribution in [-0.4, -0.2) is 8.07 Å². The van der Waals surface area contributed by atoms with Gasteiger partial charge in [-0.05, 0) is 34.8 Å². The predicted molar refractivity (Wildman–Crippen MR) is 105 cm³/mol. The van der Waals surface area contributed by atoms with Crippen LogP contribution in [0.2, 0.25) is 21.6 Å². The van der Waals surface area contributed by atoms with Crippen LogP contribution >= 0.6 is 11.6 Å². The highest BCUT2D eigenvalue weighted by atomic mass is 35.5. The van der Waals surface area contributed by atoms with Crippen molar-refractivity contribution in [2.75, 3.05) is 0 Å². The molecule has 1 aromatic carbocycles. The van der Waals surface area contributed by atoms with Crippen molar-refractivity contribution in [3.63, 3.8) is 0 Å². The number of hydrogen-bond acceptors (Lipinski definition) is 2. The lowest BCUT2D eigenvalue weighted by atomic mass is 10.2. The van der Waals surface area contributed by atoms with Crippen LogP contribution in [0.1, 0.15) is 47.1 Å². The van der Waals surface area contributed by atoms with Gasteiger partial charge in [0.25, 0.3) is 0 Å². The molecule has 2 aromatic rings. The summed E-state index contributed by atoms with van der Waals surface area (Å²) in [6.45, 7) is 13.5. The molecule has 0 saturated heterocycles. The van der Waals surface area contributed by atoms with Crippen LogP contribution in [0.5, 0.6) is 0 Å². The Bertz CT molecular complexity index is 832. The van der Waals surface area contributed by atoms with E-state index in [1.807, 2.05) is 0 Å². The maximum absolute atomic E-state index is 12.7. The zero-order valence-corrected chi connectivity index (χ0v) is 17.0. The quantitative estimate of drug-likeness (QED) is 0.495. The molecule has 0 unspecified atom stereocenters. The molecule has 0 saturated carbocycles. The van der Waals surface area contributed by atoms with E-state index in [0.717, 1.165) is 0 Å². The summed E-state index contributed by atoms with van der Waals surface area (Å²) in [6, 6.07) is 5.07. The lowest BCUT2D eigenvalue weighted by Crippen LogP contribution is -2.43. The molecule has 0 aliphatic rings. The summed E-state index contributed by atoms with van der Waals surface area (Å²) in [7, 11) is -1.88. The summed E-state index contributed by atoms with van der Waals surface area (Å²) in [6.07, 6.45) is 1.48. The van der Waals surface area contributed by atoms with E-state index in [1.54, 1.807) is 18.2 Å². The van der Waals surface area contributed by atoms with Crippen molar-refractivity contribution >= 4 is 30.6 Å². The van der Waals surface area contributed by atoms with Gasteiger partial charge in [0, 0.05) is 5.02 Å². The third kappa shape index (κ3) is 3.31. The topological polar surface area (TPSA) is 30.2 Å². The molecular formula is C20H25ClO2Si. The number of rotatable bonds is 3. The van der Waals surface area contributed by atoms with Gasteiger partial charge in [0.05, 0.1) is 5.39 Å². The molecule has 4 heteroatoms. The molecule has 0 aliphatic carbocycles. The fourth-order valence-corrected chi connectivity index (χ4v) is 9.19. The molecule has 2 rings (SSSR count). The normalized spacial score (nSPS) is 12.1. The second kappa shape index (κ2) is 7.17. The van der Waals surface area contributed by atoms with E-state index in [0.29, 0.717) is 38.2 Å². The van der Waals surface area contributed by atoms with Gasteiger partial charge < -0.3 is 4.42 Å². The van der Waals surface area contributed by atoms with Gasteiger partial charge in [-0.3, -0.25) is 4.79 Å². The van der Waals surface area contributed by atoms with Gasteiger partial charge in [0.15, 0.2) is 0 Å². The Balaban J connectivity index is 2.63. The molecule has 0 atom stereocenters. The fourth-order valence-electron chi connectivity index (χ4n) is 3.80. The van der Waals surface area contributed by atoms with Crippen LogP contribution in [0.3, 0.4) is 0 Å².